The maximum atomic E-state index is 5.08. The molecule has 0 spiro atoms. The first-order valence-corrected chi connectivity index (χ1v) is 18.1. The summed E-state index contributed by atoms with van der Waals surface area (Å²) < 4.78 is 2.31. The zero-order valence-corrected chi connectivity index (χ0v) is 29.7. The van der Waals surface area contributed by atoms with Gasteiger partial charge in [-0.3, -0.25) is 4.98 Å². The van der Waals surface area contributed by atoms with E-state index in [0.717, 1.165) is 56.6 Å². The molecule has 53 heavy (non-hydrogen) atoms. The van der Waals surface area contributed by atoms with Crippen LogP contribution in [0.2, 0.25) is 0 Å². The summed E-state index contributed by atoms with van der Waals surface area (Å²) in [6.45, 7) is 4.42. The molecule has 0 N–H and O–H groups in total. The second kappa shape index (κ2) is 13.8. The number of benzene rings is 6. The van der Waals surface area contributed by atoms with E-state index >= 15 is 0 Å². The number of fused-ring (bicyclic) bond motifs is 3. The zero-order valence-electron chi connectivity index (χ0n) is 29.7. The summed E-state index contributed by atoms with van der Waals surface area (Å²) in [6, 6.07) is 57.3. The Morgan fingerprint density at radius 3 is 1.89 bits per heavy atom. The summed E-state index contributed by atoms with van der Waals surface area (Å²) in [5.74, 6) is 2.16. The summed E-state index contributed by atoms with van der Waals surface area (Å²) in [4.78, 5) is 20.0. The molecule has 1 atom stereocenters. The van der Waals surface area contributed by atoms with Crippen molar-refractivity contribution in [2.24, 2.45) is 0 Å². The van der Waals surface area contributed by atoms with Crippen molar-refractivity contribution in [3.8, 4) is 50.7 Å². The van der Waals surface area contributed by atoms with E-state index in [9.17, 15) is 0 Å². The van der Waals surface area contributed by atoms with Crippen LogP contribution < -0.4 is 0 Å². The van der Waals surface area contributed by atoms with E-state index in [1.165, 1.54) is 27.8 Å². The lowest BCUT2D eigenvalue weighted by atomic mass is 9.85. The molecule has 9 aromatic rings. The summed E-state index contributed by atoms with van der Waals surface area (Å²) in [5, 5.41) is 1.13. The number of nitrogens with zero attached hydrogens (tertiary/aromatic N) is 5. The summed E-state index contributed by atoms with van der Waals surface area (Å²) in [7, 11) is 0. The largest absolute Gasteiger partial charge is 0.308 e. The molecule has 9 rings (SSSR count). The minimum absolute atomic E-state index is 0.0106. The van der Waals surface area contributed by atoms with Gasteiger partial charge in [-0.2, -0.15) is 0 Å². The fourth-order valence-corrected chi connectivity index (χ4v) is 7.51. The van der Waals surface area contributed by atoms with E-state index in [2.05, 4.69) is 140 Å². The van der Waals surface area contributed by atoms with Crippen LogP contribution in [0.25, 0.3) is 72.7 Å². The quantitative estimate of drug-likeness (QED) is 0.160. The number of hydrogen-bond donors (Lipinski definition) is 0. The van der Waals surface area contributed by atoms with Gasteiger partial charge in [-0.25, -0.2) is 15.0 Å². The van der Waals surface area contributed by atoms with Gasteiger partial charge in [0.1, 0.15) is 5.82 Å². The standard InChI is InChI=1S/C48H37N5/c1-32-16-12-13-24-39(32)44-37(30-33(2)46-50-47(34-17-6-3-7-18-34)52-48(51-46)35-19-8-4-9-20-35)21-14-25-40(44)36-27-28-42-41(31-36)45-43(26-15-29-49-45)53(42)38-22-10-5-11-23-38/h3-29,31,33H,30H2,1-2H3. The third-order valence-corrected chi connectivity index (χ3v) is 10.1. The van der Waals surface area contributed by atoms with Crippen LogP contribution >= 0.6 is 0 Å². The van der Waals surface area contributed by atoms with Crippen molar-refractivity contribution >= 4 is 21.9 Å². The Hall–Kier alpha value is -6.72. The minimum atomic E-state index is 0.0106. The molecule has 5 nitrogen and oxygen atoms in total. The molecule has 0 aliphatic carbocycles. The molecule has 0 amide bonds. The maximum Gasteiger partial charge on any atom is 0.163 e. The first kappa shape index (κ1) is 32.2. The number of rotatable bonds is 8. The lowest BCUT2D eigenvalue weighted by molar-refractivity contribution is 0.694. The molecular weight excluding hydrogens is 647 g/mol. The second-order valence-corrected chi connectivity index (χ2v) is 13.6. The van der Waals surface area contributed by atoms with Crippen molar-refractivity contribution < 1.29 is 0 Å². The van der Waals surface area contributed by atoms with Crippen molar-refractivity contribution in [3.05, 3.63) is 187 Å². The third-order valence-electron chi connectivity index (χ3n) is 10.1. The zero-order chi connectivity index (χ0) is 35.7. The predicted molar refractivity (Wildman–Crippen MR) is 217 cm³/mol. The number of pyridine rings is 1. The molecule has 3 heterocycles. The lowest BCUT2D eigenvalue weighted by Crippen LogP contribution is -2.09. The fraction of sp³-hybridized carbons (Fsp3) is 0.0833. The van der Waals surface area contributed by atoms with Crippen molar-refractivity contribution in [1.82, 2.24) is 24.5 Å². The normalized spacial score (nSPS) is 12.0. The molecule has 0 fully saturated rings. The number of para-hydroxylation sites is 1. The molecule has 0 radical (unpaired) electrons. The van der Waals surface area contributed by atoms with Crippen LogP contribution in [0.1, 0.15) is 29.8 Å². The Labute approximate surface area is 309 Å². The molecule has 5 heteroatoms. The fourth-order valence-electron chi connectivity index (χ4n) is 7.51. The van der Waals surface area contributed by atoms with Crippen molar-refractivity contribution in [2.75, 3.05) is 0 Å². The Bertz CT molecular complexity index is 2660. The van der Waals surface area contributed by atoms with Gasteiger partial charge in [-0.15, -0.1) is 0 Å². The van der Waals surface area contributed by atoms with Crippen molar-refractivity contribution in [3.63, 3.8) is 0 Å². The maximum absolute atomic E-state index is 5.08. The number of aromatic nitrogens is 5. The van der Waals surface area contributed by atoms with E-state index in [4.69, 9.17) is 19.9 Å². The van der Waals surface area contributed by atoms with Crippen LogP contribution in [0.5, 0.6) is 0 Å². The van der Waals surface area contributed by atoms with Gasteiger partial charge in [0.25, 0.3) is 0 Å². The summed E-state index contributed by atoms with van der Waals surface area (Å²) in [5.41, 5.74) is 13.6. The topological polar surface area (TPSA) is 56.5 Å². The van der Waals surface area contributed by atoms with Gasteiger partial charge < -0.3 is 4.57 Å². The molecule has 0 aliphatic rings. The number of hydrogen-bond acceptors (Lipinski definition) is 4. The molecule has 0 aliphatic heterocycles. The molecule has 0 saturated carbocycles. The molecule has 254 valence electrons. The van der Waals surface area contributed by atoms with Crippen LogP contribution in [-0.4, -0.2) is 24.5 Å². The van der Waals surface area contributed by atoms with Crippen molar-refractivity contribution in [1.29, 1.82) is 0 Å². The monoisotopic (exact) mass is 683 g/mol. The Balaban J connectivity index is 1.19. The first-order chi connectivity index (χ1) is 26.1. The third kappa shape index (κ3) is 6.06. The summed E-state index contributed by atoms with van der Waals surface area (Å²) >= 11 is 0. The van der Waals surface area contributed by atoms with Gasteiger partial charge in [-0.05, 0) is 83.1 Å². The van der Waals surface area contributed by atoms with Crippen molar-refractivity contribution in [2.45, 2.75) is 26.2 Å². The van der Waals surface area contributed by atoms with Gasteiger partial charge in [-0.1, -0.05) is 134 Å². The molecule has 1 unspecified atom stereocenters. The van der Waals surface area contributed by atoms with Crippen LogP contribution in [0.3, 0.4) is 0 Å². The van der Waals surface area contributed by atoms with E-state index in [-0.39, 0.29) is 5.92 Å². The van der Waals surface area contributed by atoms with Crippen LogP contribution in [-0.2, 0) is 6.42 Å². The number of aryl methyl sites for hydroxylation is 1. The molecule has 0 saturated heterocycles. The molecular formula is C48H37N5. The van der Waals surface area contributed by atoms with Crippen LogP contribution in [0.15, 0.2) is 170 Å². The van der Waals surface area contributed by atoms with Gasteiger partial charge >= 0.3 is 0 Å². The smallest absolute Gasteiger partial charge is 0.163 e. The SMILES string of the molecule is Cc1ccccc1-c1c(CC(C)c2nc(-c3ccccc3)nc(-c3ccccc3)n2)cccc1-c1ccc2c(c1)c1ncccc1n2-c1ccccc1. The first-order valence-electron chi connectivity index (χ1n) is 18.1. The van der Waals surface area contributed by atoms with Gasteiger partial charge in [0.2, 0.25) is 0 Å². The lowest BCUT2D eigenvalue weighted by Gasteiger charge is -2.20. The van der Waals surface area contributed by atoms with Gasteiger partial charge in [0.05, 0.1) is 16.6 Å². The van der Waals surface area contributed by atoms with E-state index in [1.54, 1.807) is 0 Å². The summed E-state index contributed by atoms with van der Waals surface area (Å²) in [6.07, 6.45) is 2.64. The molecule has 6 aromatic carbocycles. The predicted octanol–water partition coefficient (Wildman–Crippen LogP) is 11.7. The average Bonchev–Trinajstić information content (AvgIpc) is 3.55. The highest BCUT2D eigenvalue weighted by atomic mass is 15.0. The van der Waals surface area contributed by atoms with Crippen LogP contribution in [0, 0.1) is 6.92 Å². The Morgan fingerprint density at radius 1 is 0.547 bits per heavy atom. The highest BCUT2D eigenvalue weighted by Gasteiger charge is 2.21. The van der Waals surface area contributed by atoms with E-state index in [1.807, 2.05) is 48.7 Å². The van der Waals surface area contributed by atoms with E-state index < -0.39 is 0 Å². The Morgan fingerprint density at radius 2 is 1.19 bits per heavy atom. The average molecular weight is 684 g/mol. The van der Waals surface area contributed by atoms with E-state index in [0.29, 0.717) is 11.6 Å². The highest BCUT2D eigenvalue weighted by molar-refractivity contribution is 6.08. The molecule has 3 aromatic heterocycles. The highest BCUT2D eigenvalue weighted by Crippen LogP contribution is 2.41. The minimum Gasteiger partial charge on any atom is -0.308 e. The second-order valence-electron chi connectivity index (χ2n) is 13.6. The Kier molecular flexibility index (Phi) is 8.37. The molecule has 0 bridgehead atoms. The van der Waals surface area contributed by atoms with Gasteiger partial charge in [0.15, 0.2) is 11.6 Å². The van der Waals surface area contributed by atoms with Crippen LogP contribution in [0.4, 0.5) is 0 Å². The van der Waals surface area contributed by atoms with Gasteiger partial charge in [0, 0.05) is 34.3 Å².